The predicted octanol–water partition coefficient (Wildman–Crippen LogP) is 3.05. The van der Waals surface area contributed by atoms with Crippen molar-refractivity contribution in [2.45, 2.75) is 38.6 Å². The van der Waals surface area contributed by atoms with Crippen LogP contribution in [0.3, 0.4) is 0 Å². The fourth-order valence-electron chi connectivity index (χ4n) is 3.04. The first-order chi connectivity index (χ1) is 12.0. The van der Waals surface area contributed by atoms with Crippen molar-refractivity contribution in [1.82, 2.24) is 9.88 Å². The van der Waals surface area contributed by atoms with Crippen LogP contribution in [0.5, 0.6) is 0 Å². The third kappa shape index (κ3) is 4.41. The van der Waals surface area contributed by atoms with Crippen LogP contribution in [0.4, 0.5) is 16.2 Å². The highest BCUT2D eigenvalue weighted by Crippen LogP contribution is 2.25. The number of anilines is 2. The van der Waals surface area contributed by atoms with E-state index in [1.54, 1.807) is 6.07 Å². The van der Waals surface area contributed by atoms with Gasteiger partial charge in [0.15, 0.2) is 0 Å². The molecular formula is C19H24N4O2. The van der Waals surface area contributed by atoms with Crippen molar-refractivity contribution >= 4 is 23.3 Å². The SMILES string of the molecule is CC(CCc1cccn1C)NC(=O)Nc1ccc2c(c1)CCC(=O)N2. The molecule has 3 amide bonds. The lowest BCUT2D eigenvalue weighted by Gasteiger charge is -2.19. The van der Waals surface area contributed by atoms with Crippen LogP contribution in [0.25, 0.3) is 0 Å². The Morgan fingerprint density at radius 3 is 2.92 bits per heavy atom. The van der Waals surface area contributed by atoms with E-state index in [2.05, 4.69) is 26.6 Å². The van der Waals surface area contributed by atoms with Crippen LogP contribution >= 0.6 is 0 Å². The summed E-state index contributed by atoms with van der Waals surface area (Å²) in [4.78, 5) is 23.6. The molecule has 1 unspecified atom stereocenters. The second-order valence-electron chi connectivity index (χ2n) is 6.57. The largest absolute Gasteiger partial charge is 0.354 e. The van der Waals surface area contributed by atoms with Crippen LogP contribution in [0, 0.1) is 0 Å². The average Bonchev–Trinajstić information content (AvgIpc) is 2.98. The minimum Gasteiger partial charge on any atom is -0.354 e. The molecule has 25 heavy (non-hydrogen) atoms. The Morgan fingerprint density at radius 1 is 1.32 bits per heavy atom. The molecule has 1 aliphatic heterocycles. The second-order valence-corrected chi connectivity index (χ2v) is 6.57. The van der Waals surface area contributed by atoms with Gasteiger partial charge in [0.1, 0.15) is 0 Å². The van der Waals surface area contributed by atoms with E-state index in [1.807, 2.05) is 38.4 Å². The molecule has 0 bridgehead atoms. The number of fused-ring (bicyclic) bond motifs is 1. The molecule has 1 atom stereocenters. The number of amides is 3. The molecular weight excluding hydrogens is 316 g/mol. The van der Waals surface area contributed by atoms with Gasteiger partial charge in [0.2, 0.25) is 5.91 Å². The maximum Gasteiger partial charge on any atom is 0.319 e. The lowest BCUT2D eigenvalue weighted by Crippen LogP contribution is -2.36. The molecule has 6 heteroatoms. The van der Waals surface area contributed by atoms with Crippen LogP contribution < -0.4 is 16.0 Å². The first kappa shape index (κ1) is 17.1. The summed E-state index contributed by atoms with van der Waals surface area (Å²) < 4.78 is 2.10. The monoisotopic (exact) mass is 340 g/mol. The van der Waals surface area contributed by atoms with Crippen molar-refractivity contribution in [2.75, 3.05) is 10.6 Å². The van der Waals surface area contributed by atoms with Crippen LogP contribution in [-0.4, -0.2) is 22.5 Å². The molecule has 0 fully saturated rings. The van der Waals surface area contributed by atoms with Gasteiger partial charge in [0, 0.05) is 42.8 Å². The van der Waals surface area contributed by atoms with E-state index >= 15 is 0 Å². The number of nitrogens with one attached hydrogen (secondary N) is 3. The van der Waals surface area contributed by atoms with Crippen LogP contribution in [0.1, 0.15) is 31.0 Å². The van der Waals surface area contributed by atoms with Crippen LogP contribution in [0.15, 0.2) is 36.5 Å². The summed E-state index contributed by atoms with van der Waals surface area (Å²) in [7, 11) is 2.03. The predicted molar refractivity (Wildman–Crippen MR) is 98.7 cm³/mol. The molecule has 3 rings (SSSR count). The highest BCUT2D eigenvalue weighted by Gasteiger charge is 2.15. The van der Waals surface area contributed by atoms with Gasteiger partial charge in [-0.3, -0.25) is 4.79 Å². The Kier molecular flexibility index (Phi) is 5.07. The van der Waals surface area contributed by atoms with Gasteiger partial charge in [-0.1, -0.05) is 0 Å². The minimum atomic E-state index is -0.209. The van der Waals surface area contributed by atoms with Gasteiger partial charge in [-0.15, -0.1) is 0 Å². The summed E-state index contributed by atoms with van der Waals surface area (Å²) in [5.41, 5.74) is 3.88. The molecule has 2 heterocycles. The van der Waals surface area contributed by atoms with Crippen molar-refractivity contribution in [1.29, 1.82) is 0 Å². The molecule has 132 valence electrons. The smallest absolute Gasteiger partial charge is 0.319 e. The molecule has 0 aliphatic carbocycles. The van der Waals surface area contributed by atoms with E-state index in [-0.39, 0.29) is 18.0 Å². The number of aromatic nitrogens is 1. The summed E-state index contributed by atoms with van der Waals surface area (Å²) in [6.07, 6.45) is 5.01. The van der Waals surface area contributed by atoms with Crippen molar-refractivity contribution in [3.05, 3.63) is 47.8 Å². The third-order valence-corrected chi connectivity index (χ3v) is 4.52. The van der Waals surface area contributed by atoms with Crippen molar-refractivity contribution in [3.8, 4) is 0 Å². The van der Waals surface area contributed by atoms with E-state index in [9.17, 15) is 9.59 Å². The Hall–Kier alpha value is -2.76. The van der Waals surface area contributed by atoms with Gasteiger partial charge < -0.3 is 20.5 Å². The molecule has 0 saturated carbocycles. The van der Waals surface area contributed by atoms with Gasteiger partial charge in [-0.2, -0.15) is 0 Å². The number of benzene rings is 1. The summed E-state index contributed by atoms with van der Waals surface area (Å²) in [5.74, 6) is 0.0398. The van der Waals surface area contributed by atoms with E-state index in [1.165, 1.54) is 5.69 Å². The third-order valence-electron chi connectivity index (χ3n) is 4.52. The van der Waals surface area contributed by atoms with Gasteiger partial charge >= 0.3 is 6.03 Å². The van der Waals surface area contributed by atoms with Gasteiger partial charge in [-0.05, 0) is 62.1 Å². The Balaban J connectivity index is 1.50. The van der Waals surface area contributed by atoms with Gasteiger partial charge in [0.25, 0.3) is 0 Å². The number of carbonyl (C=O) groups is 2. The highest BCUT2D eigenvalue weighted by atomic mass is 16.2. The topological polar surface area (TPSA) is 75.2 Å². The quantitative estimate of drug-likeness (QED) is 0.782. The Bertz CT molecular complexity index is 781. The molecule has 0 saturated heterocycles. The lowest BCUT2D eigenvalue weighted by atomic mass is 10.0. The average molecular weight is 340 g/mol. The molecule has 1 aromatic heterocycles. The van der Waals surface area contributed by atoms with E-state index < -0.39 is 0 Å². The van der Waals surface area contributed by atoms with Gasteiger partial charge in [0.05, 0.1) is 0 Å². The number of nitrogens with zero attached hydrogens (tertiary/aromatic N) is 1. The van der Waals surface area contributed by atoms with E-state index in [4.69, 9.17) is 0 Å². The number of urea groups is 1. The summed E-state index contributed by atoms with van der Waals surface area (Å²) in [6.45, 7) is 2.00. The highest BCUT2D eigenvalue weighted by molar-refractivity contribution is 5.95. The molecule has 2 aromatic rings. The zero-order valence-corrected chi connectivity index (χ0v) is 14.6. The maximum atomic E-state index is 12.2. The fourth-order valence-corrected chi connectivity index (χ4v) is 3.04. The van der Waals surface area contributed by atoms with Crippen molar-refractivity contribution in [2.24, 2.45) is 7.05 Å². The molecule has 6 nitrogen and oxygen atoms in total. The minimum absolute atomic E-state index is 0.0398. The summed E-state index contributed by atoms with van der Waals surface area (Å²) in [6, 6.07) is 9.55. The lowest BCUT2D eigenvalue weighted by molar-refractivity contribution is -0.116. The first-order valence-corrected chi connectivity index (χ1v) is 8.62. The van der Waals surface area contributed by atoms with Crippen molar-refractivity contribution in [3.63, 3.8) is 0 Å². The number of hydrogen-bond donors (Lipinski definition) is 3. The van der Waals surface area contributed by atoms with Crippen LogP contribution in [-0.2, 0) is 24.7 Å². The van der Waals surface area contributed by atoms with E-state index in [0.29, 0.717) is 12.8 Å². The Morgan fingerprint density at radius 2 is 2.16 bits per heavy atom. The molecule has 1 aliphatic rings. The first-order valence-electron chi connectivity index (χ1n) is 8.62. The maximum absolute atomic E-state index is 12.2. The Labute approximate surface area is 147 Å². The zero-order valence-electron chi connectivity index (χ0n) is 14.6. The molecule has 0 spiro atoms. The van der Waals surface area contributed by atoms with Gasteiger partial charge in [-0.25, -0.2) is 4.79 Å². The number of carbonyl (C=O) groups excluding carboxylic acids is 2. The number of rotatable bonds is 5. The molecule has 0 radical (unpaired) electrons. The normalized spacial score (nSPS) is 14.4. The van der Waals surface area contributed by atoms with E-state index in [0.717, 1.165) is 29.8 Å². The summed E-state index contributed by atoms with van der Waals surface area (Å²) >= 11 is 0. The second kappa shape index (κ2) is 7.42. The molecule has 3 N–H and O–H groups in total. The summed E-state index contributed by atoms with van der Waals surface area (Å²) in [5, 5.41) is 8.68. The fraction of sp³-hybridized carbons (Fsp3) is 0.368. The number of aryl methyl sites for hydroxylation is 3. The zero-order chi connectivity index (χ0) is 17.8. The van der Waals surface area contributed by atoms with Crippen molar-refractivity contribution < 1.29 is 9.59 Å². The number of hydrogen-bond acceptors (Lipinski definition) is 2. The van der Waals surface area contributed by atoms with Crippen LogP contribution in [0.2, 0.25) is 0 Å². The standard InChI is InChI=1S/C19H24N4O2/c1-13(5-8-16-4-3-11-23(16)2)20-19(25)21-15-7-9-17-14(12-15)6-10-18(24)22-17/h3-4,7,9,11-13H,5-6,8,10H2,1-2H3,(H,22,24)(H2,20,21,25). The molecule has 1 aromatic carbocycles.